The first-order valence-corrected chi connectivity index (χ1v) is 10.3. The number of anilines is 1. The van der Waals surface area contributed by atoms with Crippen molar-refractivity contribution >= 4 is 29.4 Å². The molecule has 1 aromatic rings. The molecule has 1 fully saturated rings. The molecule has 1 aromatic carbocycles. The van der Waals surface area contributed by atoms with Crippen LogP contribution in [0.5, 0.6) is 0 Å². The number of carbonyl (C=O) groups excluding carboxylic acids is 2. The number of nitrogens with zero attached hydrogens (tertiary/aromatic N) is 1. The molecule has 1 saturated heterocycles. The van der Waals surface area contributed by atoms with Crippen molar-refractivity contribution in [2.24, 2.45) is 0 Å². The van der Waals surface area contributed by atoms with E-state index in [0.29, 0.717) is 13.0 Å². The molecule has 2 rings (SSSR count). The highest BCUT2D eigenvalue weighted by Crippen LogP contribution is 2.13. The number of urea groups is 1. The standard InChI is InChI=1S/C19H29N3O2S/c1-2-3-4-5-10-20-19(24)21-17-8-6-16(7-9-17)15-18(23)22-11-13-25-14-12-22/h6-9H,2-5,10-15H2,1H3,(H2,20,21,24). The fourth-order valence-electron chi connectivity index (χ4n) is 2.73. The number of thioether (sulfide) groups is 1. The molecule has 138 valence electrons. The normalized spacial score (nSPS) is 14.2. The van der Waals surface area contributed by atoms with Crippen LogP contribution in [0, 0.1) is 0 Å². The van der Waals surface area contributed by atoms with Crippen LogP contribution in [0.25, 0.3) is 0 Å². The Labute approximate surface area is 154 Å². The van der Waals surface area contributed by atoms with E-state index in [4.69, 9.17) is 0 Å². The summed E-state index contributed by atoms with van der Waals surface area (Å²) in [6, 6.07) is 7.35. The summed E-state index contributed by atoms with van der Waals surface area (Å²) in [4.78, 5) is 26.0. The van der Waals surface area contributed by atoms with Crippen LogP contribution in [0.15, 0.2) is 24.3 Å². The molecule has 2 N–H and O–H groups in total. The van der Waals surface area contributed by atoms with E-state index in [-0.39, 0.29) is 11.9 Å². The van der Waals surface area contributed by atoms with E-state index in [1.54, 1.807) is 0 Å². The Morgan fingerprint density at radius 1 is 1.08 bits per heavy atom. The molecule has 0 aromatic heterocycles. The van der Waals surface area contributed by atoms with Crippen molar-refractivity contribution < 1.29 is 9.59 Å². The molecular formula is C19H29N3O2S. The topological polar surface area (TPSA) is 61.4 Å². The zero-order valence-corrected chi connectivity index (χ0v) is 15.9. The second-order valence-corrected chi connectivity index (χ2v) is 7.53. The highest BCUT2D eigenvalue weighted by atomic mass is 32.2. The molecule has 0 spiro atoms. The van der Waals surface area contributed by atoms with E-state index in [1.807, 2.05) is 40.9 Å². The third-order valence-corrected chi connectivity index (χ3v) is 5.19. The maximum atomic E-state index is 12.3. The third-order valence-electron chi connectivity index (χ3n) is 4.25. The number of amides is 3. The van der Waals surface area contributed by atoms with Gasteiger partial charge in [-0.1, -0.05) is 38.3 Å². The van der Waals surface area contributed by atoms with Crippen molar-refractivity contribution in [2.75, 3.05) is 36.5 Å². The van der Waals surface area contributed by atoms with Gasteiger partial charge in [-0.15, -0.1) is 0 Å². The molecule has 1 aliphatic heterocycles. The first-order chi connectivity index (χ1) is 12.2. The van der Waals surface area contributed by atoms with Gasteiger partial charge in [0.2, 0.25) is 5.91 Å². The molecule has 0 radical (unpaired) electrons. The molecule has 5 nitrogen and oxygen atoms in total. The minimum absolute atomic E-state index is 0.175. The molecule has 0 bridgehead atoms. The van der Waals surface area contributed by atoms with Crippen molar-refractivity contribution in [1.82, 2.24) is 10.2 Å². The molecule has 0 saturated carbocycles. The van der Waals surface area contributed by atoms with E-state index < -0.39 is 0 Å². The summed E-state index contributed by atoms with van der Waals surface area (Å²) < 4.78 is 0. The fourth-order valence-corrected chi connectivity index (χ4v) is 3.64. The number of rotatable bonds is 8. The quantitative estimate of drug-likeness (QED) is 0.695. The van der Waals surface area contributed by atoms with Gasteiger partial charge in [-0.2, -0.15) is 11.8 Å². The van der Waals surface area contributed by atoms with Crippen molar-refractivity contribution in [3.8, 4) is 0 Å². The van der Waals surface area contributed by atoms with E-state index >= 15 is 0 Å². The lowest BCUT2D eigenvalue weighted by Crippen LogP contribution is -2.38. The number of hydrogen-bond donors (Lipinski definition) is 2. The predicted octanol–water partition coefficient (Wildman–Crippen LogP) is 3.51. The second kappa shape index (κ2) is 11.0. The van der Waals surface area contributed by atoms with Crippen LogP contribution in [0.4, 0.5) is 10.5 Å². The van der Waals surface area contributed by atoms with Crippen LogP contribution < -0.4 is 10.6 Å². The Morgan fingerprint density at radius 2 is 1.80 bits per heavy atom. The highest BCUT2D eigenvalue weighted by Gasteiger charge is 2.16. The SMILES string of the molecule is CCCCCCNC(=O)Nc1ccc(CC(=O)N2CCSCC2)cc1. The van der Waals surface area contributed by atoms with Crippen LogP contribution in [0.3, 0.4) is 0 Å². The first kappa shape index (κ1) is 19.6. The molecule has 1 heterocycles. The summed E-state index contributed by atoms with van der Waals surface area (Å²) in [5.74, 6) is 2.25. The number of unbranched alkanes of at least 4 members (excludes halogenated alkanes) is 3. The molecule has 1 aliphatic rings. The molecule has 0 aliphatic carbocycles. The molecule has 6 heteroatoms. The number of nitrogens with one attached hydrogen (secondary N) is 2. The highest BCUT2D eigenvalue weighted by molar-refractivity contribution is 7.99. The summed E-state index contributed by atoms with van der Waals surface area (Å²) in [5.41, 5.74) is 1.73. The fraction of sp³-hybridized carbons (Fsp3) is 0.579. The van der Waals surface area contributed by atoms with Crippen LogP contribution in [-0.4, -0.2) is 48.0 Å². The van der Waals surface area contributed by atoms with Crippen molar-refractivity contribution in [3.05, 3.63) is 29.8 Å². The lowest BCUT2D eigenvalue weighted by molar-refractivity contribution is -0.130. The van der Waals surface area contributed by atoms with Crippen LogP contribution >= 0.6 is 11.8 Å². The average molecular weight is 364 g/mol. The van der Waals surface area contributed by atoms with Crippen LogP contribution in [0.2, 0.25) is 0 Å². The number of hydrogen-bond acceptors (Lipinski definition) is 3. The largest absolute Gasteiger partial charge is 0.341 e. The van der Waals surface area contributed by atoms with Crippen molar-refractivity contribution in [1.29, 1.82) is 0 Å². The Balaban J connectivity index is 1.71. The zero-order valence-electron chi connectivity index (χ0n) is 15.1. The minimum atomic E-state index is -0.175. The van der Waals surface area contributed by atoms with Gasteiger partial charge in [0.25, 0.3) is 0 Å². The second-order valence-electron chi connectivity index (χ2n) is 6.31. The van der Waals surface area contributed by atoms with Gasteiger partial charge in [0.05, 0.1) is 6.42 Å². The summed E-state index contributed by atoms with van der Waals surface area (Å²) in [5, 5.41) is 5.70. The molecule has 0 unspecified atom stereocenters. The Hall–Kier alpha value is -1.69. The zero-order chi connectivity index (χ0) is 17.9. The Morgan fingerprint density at radius 3 is 2.48 bits per heavy atom. The smallest absolute Gasteiger partial charge is 0.319 e. The van der Waals surface area contributed by atoms with E-state index in [2.05, 4.69) is 17.6 Å². The molecule has 3 amide bonds. The summed E-state index contributed by atoms with van der Waals surface area (Å²) in [7, 11) is 0. The predicted molar refractivity (Wildman–Crippen MR) is 105 cm³/mol. The van der Waals surface area contributed by atoms with Crippen molar-refractivity contribution in [3.63, 3.8) is 0 Å². The van der Waals surface area contributed by atoms with Gasteiger partial charge < -0.3 is 15.5 Å². The summed E-state index contributed by atoms with van der Waals surface area (Å²) >= 11 is 1.90. The van der Waals surface area contributed by atoms with Crippen LogP contribution in [-0.2, 0) is 11.2 Å². The van der Waals surface area contributed by atoms with E-state index in [1.165, 1.54) is 12.8 Å². The summed E-state index contributed by atoms with van der Waals surface area (Å²) in [6.07, 6.45) is 4.98. The van der Waals surface area contributed by atoms with Gasteiger partial charge in [0, 0.05) is 36.8 Å². The van der Waals surface area contributed by atoms with E-state index in [0.717, 1.165) is 48.7 Å². The third kappa shape index (κ3) is 7.38. The van der Waals surface area contributed by atoms with Gasteiger partial charge in [0.1, 0.15) is 0 Å². The lowest BCUT2D eigenvalue weighted by atomic mass is 10.1. The molecule has 0 atom stereocenters. The molecular weight excluding hydrogens is 334 g/mol. The van der Waals surface area contributed by atoms with Crippen molar-refractivity contribution in [2.45, 2.75) is 39.0 Å². The monoisotopic (exact) mass is 363 g/mol. The van der Waals surface area contributed by atoms with Gasteiger partial charge in [0.15, 0.2) is 0 Å². The molecule has 25 heavy (non-hydrogen) atoms. The first-order valence-electron chi connectivity index (χ1n) is 9.18. The van der Waals surface area contributed by atoms with Gasteiger partial charge in [-0.05, 0) is 24.1 Å². The maximum Gasteiger partial charge on any atom is 0.319 e. The van der Waals surface area contributed by atoms with E-state index in [9.17, 15) is 9.59 Å². The Kier molecular flexibility index (Phi) is 8.66. The average Bonchev–Trinajstić information content (AvgIpc) is 2.64. The Bertz CT molecular complexity index is 542. The summed E-state index contributed by atoms with van der Waals surface area (Å²) in [6.45, 7) is 4.57. The van der Waals surface area contributed by atoms with Gasteiger partial charge in [-0.25, -0.2) is 4.79 Å². The van der Waals surface area contributed by atoms with Gasteiger partial charge >= 0.3 is 6.03 Å². The lowest BCUT2D eigenvalue weighted by Gasteiger charge is -2.26. The minimum Gasteiger partial charge on any atom is -0.341 e. The van der Waals surface area contributed by atoms with Gasteiger partial charge in [-0.3, -0.25) is 4.79 Å². The van der Waals surface area contributed by atoms with Crippen LogP contribution in [0.1, 0.15) is 38.2 Å². The maximum absolute atomic E-state index is 12.3. The number of benzene rings is 1. The number of carbonyl (C=O) groups is 2.